The molecule has 0 saturated heterocycles. The van der Waals surface area contributed by atoms with Crippen LogP contribution in [0.3, 0.4) is 0 Å². The molecule has 5 rings (SSSR count). The molecule has 4 nitrogen and oxygen atoms in total. The number of rotatable bonds is 5. The molecule has 0 radical (unpaired) electrons. The molecule has 0 bridgehead atoms. The van der Waals surface area contributed by atoms with Gasteiger partial charge >= 0.3 is 0 Å². The summed E-state index contributed by atoms with van der Waals surface area (Å²) < 4.78 is 13.4. The Morgan fingerprint density at radius 2 is 1.70 bits per heavy atom. The highest BCUT2D eigenvalue weighted by atomic mass is 32.2. The molecule has 40 heavy (non-hydrogen) atoms. The van der Waals surface area contributed by atoms with Crippen LogP contribution in [-0.4, -0.2) is 5.78 Å². The number of carbonyl (C=O) groups excluding carboxylic acids is 1. The van der Waals surface area contributed by atoms with Gasteiger partial charge < -0.3 is 5.73 Å². The number of nitrogens with two attached hydrogens (primary N) is 1. The number of ketones is 1. The van der Waals surface area contributed by atoms with Gasteiger partial charge in [0.1, 0.15) is 11.6 Å². The third-order valence-corrected chi connectivity index (χ3v) is 8.95. The average Bonchev–Trinajstić information content (AvgIpc) is 2.89. The summed E-state index contributed by atoms with van der Waals surface area (Å²) in [5.74, 6) is 0.343. The number of anilines is 1. The Morgan fingerprint density at radius 3 is 2.35 bits per heavy atom. The van der Waals surface area contributed by atoms with Crippen LogP contribution in [0.1, 0.15) is 60.4 Å². The van der Waals surface area contributed by atoms with Crippen LogP contribution in [0.25, 0.3) is 0 Å². The first-order valence-electron chi connectivity index (χ1n) is 13.5. The lowest BCUT2D eigenvalue weighted by Crippen LogP contribution is -2.42. The van der Waals surface area contributed by atoms with Crippen LogP contribution < -0.4 is 10.6 Å². The number of halogens is 1. The summed E-state index contributed by atoms with van der Waals surface area (Å²) in [6.07, 6.45) is 1.09. The van der Waals surface area contributed by atoms with Gasteiger partial charge in [-0.15, -0.1) is 11.8 Å². The Labute approximate surface area is 240 Å². The molecule has 1 aliphatic heterocycles. The topological polar surface area (TPSA) is 70.1 Å². The summed E-state index contributed by atoms with van der Waals surface area (Å²) >= 11 is 1.63. The first-order chi connectivity index (χ1) is 19.0. The van der Waals surface area contributed by atoms with Crippen LogP contribution in [0.2, 0.25) is 0 Å². The summed E-state index contributed by atoms with van der Waals surface area (Å²) in [6, 6.07) is 21.2. The number of allylic oxidation sites excluding steroid dienone is 3. The fraction of sp³-hybridized carbons (Fsp3) is 0.294. The van der Waals surface area contributed by atoms with Gasteiger partial charge in [0, 0.05) is 34.0 Å². The molecule has 0 amide bonds. The first-order valence-corrected chi connectivity index (χ1v) is 14.5. The lowest BCUT2D eigenvalue weighted by Gasteiger charge is -2.44. The first kappa shape index (κ1) is 27.7. The Balaban J connectivity index is 1.66. The van der Waals surface area contributed by atoms with Crippen molar-refractivity contribution < 1.29 is 9.18 Å². The van der Waals surface area contributed by atoms with Crippen LogP contribution >= 0.6 is 11.8 Å². The van der Waals surface area contributed by atoms with Gasteiger partial charge in [0.15, 0.2) is 5.78 Å². The summed E-state index contributed by atoms with van der Waals surface area (Å²) in [7, 11) is 0. The van der Waals surface area contributed by atoms with Gasteiger partial charge in [-0.05, 0) is 85.7 Å². The molecule has 1 unspecified atom stereocenters. The second-order valence-corrected chi connectivity index (χ2v) is 12.7. The summed E-state index contributed by atoms with van der Waals surface area (Å²) in [6.45, 7) is 10.3. The Morgan fingerprint density at radius 1 is 1.02 bits per heavy atom. The van der Waals surface area contributed by atoms with E-state index >= 15 is 0 Å². The van der Waals surface area contributed by atoms with Gasteiger partial charge in [0.05, 0.1) is 17.6 Å². The number of thioether (sulfide) groups is 1. The van der Waals surface area contributed by atoms with Crippen molar-refractivity contribution in [1.29, 1.82) is 5.26 Å². The minimum absolute atomic E-state index is 0.0664. The van der Waals surface area contributed by atoms with Crippen molar-refractivity contribution >= 4 is 23.2 Å². The zero-order valence-electron chi connectivity index (χ0n) is 23.6. The molecule has 6 heteroatoms. The third kappa shape index (κ3) is 5.19. The van der Waals surface area contributed by atoms with E-state index in [0.29, 0.717) is 35.6 Å². The maximum atomic E-state index is 14.0. The molecular weight excluding hydrogens is 517 g/mol. The van der Waals surface area contributed by atoms with E-state index in [1.54, 1.807) is 23.9 Å². The number of carbonyl (C=O) groups is 1. The van der Waals surface area contributed by atoms with E-state index in [0.717, 1.165) is 44.1 Å². The van der Waals surface area contributed by atoms with Crippen molar-refractivity contribution in [1.82, 2.24) is 0 Å². The number of nitrogens with zero attached hydrogens (tertiary/aromatic N) is 2. The molecule has 1 heterocycles. The minimum Gasteiger partial charge on any atom is -0.384 e. The molecule has 3 aromatic rings. The molecule has 3 aromatic carbocycles. The summed E-state index contributed by atoms with van der Waals surface area (Å²) in [4.78, 5) is 16.9. The zero-order chi connectivity index (χ0) is 28.8. The van der Waals surface area contributed by atoms with Gasteiger partial charge in [0.2, 0.25) is 0 Å². The molecular formula is C34H34FN3OS. The lowest BCUT2D eigenvalue weighted by atomic mass is 9.68. The maximum absolute atomic E-state index is 14.0. The largest absolute Gasteiger partial charge is 0.384 e. The molecule has 1 aliphatic carbocycles. The van der Waals surface area contributed by atoms with Gasteiger partial charge in [-0.1, -0.05) is 49.2 Å². The van der Waals surface area contributed by atoms with E-state index < -0.39 is 5.92 Å². The van der Waals surface area contributed by atoms with Gasteiger partial charge in [-0.25, -0.2) is 4.39 Å². The Bertz CT molecular complexity index is 1590. The van der Waals surface area contributed by atoms with Gasteiger partial charge in [0.25, 0.3) is 0 Å². The predicted octanol–water partition coefficient (Wildman–Crippen LogP) is 7.98. The molecule has 0 aromatic heterocycles. The second-order valence-electron chi connectivity index (χ2n) is 11.7. The van der Waals surface area contributed by atoms with Crippen molar-refractivity contribution in [3.63, 3.8) is 0 Å². The van der Waals surface area contributed by atoms with Crippen molar-refractivity contribution in [2.45, 2.75) is 64.0 Å². The fourth-order valence-corrected chi connectivity index (χ4v) is 6.86. The van der Waals surface area contributed by atoms with Crippen molar-refractivity contribution in [2.24, 2.45) is 11.1 Å². The SMILES string of the molecule is Cc1ccc(N2C(N)=C(C#N)C(c3cc(C)cc(CSc4ccc(F)cc4)c3C)C3=C2CC(C)(C)CC3=O)cc1. The highest BCUT2D eigenvalue weighted by Gasteiger charge is 2.45. The standard InChI is InChI=1S/C34H34FN3OS/c1-20-6-10-25(11-7-20)38-29-16-34(4,5)17-30(39)32(29)31(28(18-36)33(38)37)27-15-21(2)14-23(22(27)3)19-40-26-12-8-24(35)9-13-26/h6-15,31H,16-17,19,37H2,1-5H3. The predicted molar refractivity (Wildman–Crippen MR) is 160 cm³/mol. The molecule has 204 valence electrons. The number of hydrogen-bond acceptors (Lipinski definition) is 5. The average molecular weight is 552 g/mol. The van der Waals surface area contributed by atoms with E-state index in [1.807, 2.05) is 43.0 Å². The molecule has 2 aliphatic rings. The number of nitriles is 1. The molecule has 1 atom stereocenters. The van der Waals surface area contributed by atoms with Gasteiger partial charge in [-0.3, -0.25) is 9.69 Å². The van der Waals surface area contributed by atoms with Gasteiger partial charge in [-0.2, -0.15) is 5.26 Å². The summed E-state index contributed by atoms with van der Waals surface area (Å²) in [5, 5.41) is 10.5. The highest BCUT2D eigenvalue weighted by molar-refractivity contribution is 7.98. The van der Waals surface area contributed by atoms with Crippen LogP contribution in [-0.2, 0) is 10.5 Å². The van der Waals surface area contributed by atoms with E-state index in [1.165, 1.54) is 12.1 Å². The molecule has 0 saturated carbocycles. The quantitative estimate of drug-likeness (QED) is 0.326. The monoisotopic (exact) mass is 551 g/mol. The number of hydrogen-bond donors (Lipinski definition) is 1. The van der Waals surface area contributed by atoms with Crippen LogP contribution in [0.5, 0.6) is 0 Å². The van der Waals surface area contributed by atoms with Crippen LogP contribution in [0, 0.1) is 43.3 Å². The smallest absolute Gasteiger partial charge is 0.162 e. The highest BCUT2D eigenvalue weighted by Crippen LogP contribution is 2.51. The second kappa shape index (κ2) is 10.6. The van der Waals surface area contributed by atoms with E-state index in [4.69, 9.17) is 5.73 Å². The number of aryl methyl sites for hydroxylation is 2. The minimum atomic E-state index is -0.528. The lowest BCUT2D eigenvalue weighted by molar-refractivity contribution is -0.118. The fourth-order valence-electron chi connectivity index (χ4n) is 5.91. The maximum Gasteiger partial charge on any atom is 0.162 e. The van der Waals surface area contributed by atoms with Crippen LogP contribution in [0.15, 0.2) is 88.2 Å². The molecule has 0 fully saturated rings. The zero-order valence-corrected chi connectivity index (χ0v) is 24.5. The number of benzene rings is 3. The Kier molecular flexibility index (Phi) is 7.37. The van der Waals surface area contributed by atoms with E-state index in [9.17, 15) is 14.4 Å². The number of Topliss-reactive ketones (excluding diaryl/α,β-unsaturated/α-hetero) is 1. The molecule has 2 N–H and O–H groups in total. The third-order valence-electron chi connectivity index (χ3n) is 7.89. The molecule has 0 spiro atoms. The van der Waals surface area contributed by atoms with Crippen molar-refractivity contribution in [2.75, 3.05) is 4.90 Å². The normalized spacial score (nSPS) is 18.6. The van der Waals surface area contributed by atoms with E-state index in [-0.39, 0.29) is 17.0 Å². The summed E-state index contributed by atoms with van der Waals surface area (Å²) in [5.41, 5.74) is 14.7. The van der Waals surface area contributed by atoms with Crippen molar-refractivity contribution in [3.05, 3.63) is 117 Å². The van der Waals surface area contributed by atoms with Crippen molar-refractivity contribution in [3.8, 4) is 6.07 Å². The van der Waals surface area contributed by atoms with Crippen LogP contribution in [0.4, 0.5) is 10.1 Å². The van der Waals surface area contributed by atoms with E-state index in [2.05, 4.69) is 39.0 Å². The Hall–Kier alpha value is -3.82.